The summed E-state index contributed by atoms with van der Waals surface area (Å²) in [5, 5.41) is 5.51. The number of carbonyl (C=O) groups excluding carboxylic acids is 3. The number of rotatable bonds is 8. The van der Waals surface area contributed by atoms with Gasteiger partial charge in [-0.3, -0.25) is 14.4 Å². The summed E-state index contributed by atoms with van der Waals surface area (Å²) in [6.45, 7) is 5.35. The fourth-order valence-corrected chi connectivity index (χ4v) is 3.87. The molecule has 0 saturated heterocycles. The third-order valence-corrected chi connectivity index (χ3v) is 5.47. The van der Waals surface area contributed by atoms with Gasteiger partial charge in [-0.1, -0.05) is 26.7 Å². The monoisotopic (exact) mass is 457 g/mol. The molecule has 2 rings (SSSR count). The number of hydrogen-bond donors (Lipinski definition) is 3. The van der Waals surface area contributed by atoms with Crippen LogP contribution in [0.2, 0.25) is 0 Å². The van der Waals surface area contributed by atoms with Crippen molar-refractivity contribution >= 4 is 17.7 Å². The molecule has 8 nitrogen and oxygen atoms in total. The minimum atomic E-state index is -4.76. The molecule has 178 valence electrons. The highest BCUT2D eigenvalue weighted by Gasteiger charge is 2.36. The summed E-state index contributed by atoms with van der Waals surface area (Å²) < 4.78 is 38.9. The zero-order valence-corrected chi connectivity index (χ0v) is 18.5. The number of aryl methyl sites for hydroxylation is 1. The van der Waals surface area contributed by atoms with Crippen LogP contribution in [0.25, 0.3) is 0 Å². The van der Waals surface area contributed by atoms with Gasteiger partial charge in [0.1, 0.15) is 11.6 Å². The topological polar surface area (TPSA) is 127 Å². The number of primary amides is 1. The van der Waals surface area contributed by atoms with Crippen molar-refractivity contribution in [2.75, 3.05) is 6.54 Å². The number of halogens is 3. The molecule has 32 heavy (non-hydrogen) atoms. The van der Waals surface area contributed by atoms with Crippen molar-refractivity contribution in [2.45, 2.75) is 65.1 Å². The summed E-state index contributed by atoms with van der Waals surface area (Å²) >= 11 is 0. The number of nitrogens with one attached hydrogen (secondary N) is 2. The molecule has 1 aromatic heterocycles. The summed E-state index contributed by atoms with van der Waals surface area (Å²) in [5.74, 6) is -4.19. The van der Waals surface area contributed by atoms with Crippen LogP contribution < -0.4 is 16.4 Å². The van der Waals surface area contributed by atoms with Gasteiger partial charge in [0, 0.05) is 18.3 Å². The molecule has 0 aliphatic heterocycles. The molecule has 3 unspecified atom stereocenters. The molecule has 1 aliphatic rings. The number of aromatic nitrogens is 2. The molecule has 3 atom stereocenters. The van der Waals surface area contributed by atoms with Crippen LogP contribution in [-0.2, 0) is 15.8 Å². The zero-order chi connectivity index (χ0) is 24.1. The summed E-state index contributed by atoms with van der Waals surface area (Å²) in [7, 11) is 0. The lowest BCUT2D eigenvalue weighted by atomic mass is 9.84. The van der Waals surface area contributed by atoms with Gasteiger partial charge in [-0.05, 0) is 44.1 Å². The van der Waals surface area contributed by atoms with Gasteiger partial charge in [0.05, 0.1) is 0 Å². The predicted molar refractivity (Wildman–Crippen MR) is 110 cm³/mol. The van der Waals surface area contributed by atoms with Gasteiger partial charge in [0.15, 0.2) is 0 Å². The first-order chi connectivity index (χ1) is 14.9. The molecule has 4 N–H and O–H groups in total. The Labute approximate surface area is 184 Å². The molecule has 1 saturated carbocycles. The molecule has 1 heterocycles. The average Bonchev–Trinajstić information content (AvgIpc) is 2.69. The maximum Gasteiger partial charge on any atom is 0.451 e. The van der Waals surface area contributed by atoms with Crippen molar-refractivity contribution in [3.05, 3.63) is 23.3 Å². The standard InChI is InChI=1S/C21H30F3N5O3/c1-11(2)8-14(17(25)30)18(31)26-10-13-6-4-5-7-15(13)28-19(32)16-9-12(3)27-20(29-16)21(22,23)24/h9,11,13-15H,4-8,10H2,1-3H3,(H2,25,30)(H,26,31)(H,28,32). The molecule has 1 fully saturated rings. The second-order valence-electron chi connectivity index (χ2n) is 8.67. The molecule has 1 aliphatic carbocycles. The molecule has 0 radical (unpaired) electrons. The van der Waals surface area contributed by atoms with E-state index in [4.69, 9.17) is 5.73 Å². The van der Waals surface area contributed by atoms with E-state index in [0.717, 1.165) is 12.8 Å². The first-order valence-corrected chi connectivity index (χ1v) is 10.7. The number of carbonyl (C=O) groups is 3. The van der Waals surface area contributed by atoms with E-state index < -0.39 is 35.6 Å². The summed E-state index contributed by atoms with van der Waals surface area (Å²) in [5.41, 5.74) is 5.04. The van der Waals surface area contributed by atoms with Gasteiger partial charge in [-0.2, -0.15) is 13.2 Å². The number of nitrogens with two attached hydrogens (primary N) is 1. The Bertz CT molecular complexity index is 844. The Balaban J connectivity index is 2.06. The maximum absolute atomic E-state index is 13.0. The minimum Gasteiger partial charge on any atom is -0.369 e. The van der Waals surface area contributed by atoms with Gasteiger partial charge < -0.3 is 16.4 Å². The van der Waals surface area contributed by atoms with Crippen LogP contribution in [0.5, 0.6) is 0 Å². The smallest absolute Gasteiger partial charge is 0.369 e. The Morgan fingerprint density at radius 2 is 1.84 bits per heavy atom. The van der Waals surface area contributed by atoms with Crippen LogP contribution >= 0.6 is 0 Å². The number of alkyl halides is 3. The van der Waals surface area contributed by atoms with Crippen molar-refractivity contribution in [2.24, 2.45) is 23.5 Å². The van der Waals surface area contributed by atoms with E-state index in [1.165, 1.54) is 13.0 Å². The van der Waals surface area contributed by atoms with Crippen molar-refractivity contribution in [1.82, 2.24) is 20.6 Å². The summed E-state index contributed by atoms with van der Waals surface area (Å²) in [4.78, 5) is 43.4. The van der Waals surface area contributed by atoms with E-state index in [1.54, 1.807) is 0 Å². The average molecular weight is 457 g/mol. The molecule has 3 amide bonds. The zero-order valence-electron chi connectivity index (χ0n) is 18.5. The molecular weight excluding hydrogens is 427 g/mol. The third kappa shape index (κ3) is 7.16. The number of nitrogens with zero attached hydrogens (tertiary/aromatic N) is 2. The Kier molecular flexibility index (Phi) is 8.57. The highest BCUT2D eigenvalue weighted by Crippen LogP contribution is 2.27. The van der Waals surface area contributed by atoms with Crippen LogP contribution in [0.15, 0.2) is 6.07 Å². The maximum atomic E-state index is 13.0. The van der Waals surface area contributed by atoms with E-state index in [9.17, 15) is 27.6 Å². The molecule has 0 aromatic carbocycles. The molecular formula is C21H30F3N5O3. The van der Waals surface area contributed by atoms with E-state index in [0.29, 0.717) is 19.3 Å². The summed E-state index contributed by atoms with van der Waals surface area (Å²) in [6.07, 6.45) is -1.36. The van der Waals surface area contributed by atoms with E-state index in [2.05, 4.69) is 20.6 Å². The lowest BCUT2D eigenvalue weighted by molar-refractivity contribution is -0.145. The van der Waals surface area contributed by atoms with Crippen LogP contribution in [0.4, 0.5) is 13.2 Å². The minimum absolute atomic E-state index is 0.0348. The van der Waals surface area contributed by atoms with Crippen LogP contribution in [-0.4, -0.2) is 40.3 Å². The Morgan fingerprint density at radius 1 is 1.19 bits per heavy atom. The van der Waals surface area contributed by atoms with Gasteiger partial charge in [0.25, 0.3) is 5.91 Å². The van der Waals surface area contributed by atoms with E-state index in [1.807, 2.05) is 13.8 Å². The third-order valence-electron chi connectivity index (χ3n) is 5.47. The predicted octanol–water partition coefficient (Wildman–Crippen LogP) is 2.36. The number of amides is 3. The molecule has 0 spiro atoms. The lowest BCUT2D eigenvalue weighted by Crippen LogP contribution is -2.48. The number of hydrogen-bond acceptors (Lipinski definition) is 5. The van der Waals surface area contributed by atoms with Crippen molar-refractivity contribution in [3.8, 4) is 0 Å². The van der Waals surface area contributed by atoms with Crippen LogP contribution in [0.3, 0.4) is 0 Å². The first kappa shape index (κ1) is 25.5. The quantitative estimate of drug-likeness (QED) is 0.517. The highest BCUT2D eigenvalue weighted by molar-refractivity contribution is 5.99. The van der Waals surface area contributed by atoms with Crippen molar-refractivity contribution in [3.63, 3.8) is 0 Å². The fraction of sp³-hybridized carbons (Fsp3) is 0.667. The largest absolute Gasteiger partial charge is 0.451 e. The molecule has 0 bridgehead atoms. The van der Waals surface area contributed by atoms with Crippen molar-refractivity contribution in [1.29, 1.82) is 0 Å². The van der Waals surface area contributed by atoms with Gasteiger partial charge in [-0.15, -0.1) is 0 Å². The fourth-order valence-electron chi connectivity index (χ4n) is 3.87. The van der Waals surface area contributed by atoms with E-state index in [-0.39, 0.29) is 35.8 Å². The normalized spacial score (nSPS) is 20.0. The SMILES string of the molecule is Cc1cc(C(=O)NC2CCCCC2CNC(=O)C(CC(C)C)C(N)=O)nc(C(F)(F)F)n1. The molecule has 1 aromatic rings. The highest BCUT2D eigenvalue weighted by atomic mass is 19.4. The Hall–Kier alpha value is -2.72. The second kappa shape index (κ2) is 10.7. The van der Waals surface area contributed by atoms with E-state index >= 15 is 0 Å². The lowest BCUT2D eigenvalue weighted by Gasteiger charge is -2.32. The first-order valence-electron chi connectivity index (χ1n) is 10.7. The molecule has 11 heteroatoms. The second-order valence-corrected chi connectivity index (χ2v) is 8.67. The van der Waals surface area contributed by atoms with Gasteiger partial charge in [-0.25, -0.2) is 9.97 Å². The van der Waals surface area contributed by atoms with Crippen LogP contribution in [0, 0.1) is 24.7 Å². The van der Waals surface area contributed by atoms with Gasteiger partial charge >= 0.3 is 6.18 Å². The Morgan fingerprint density at radius 3 is 2.44 bits per heavy atom. The van der Waals surface area contributed by atoms with Crippen LogP contribution in [0.1, 0.15) is 68.0 Å². The summed E-state index contributed by atoms with van der Waals surface area (Å²) in [6, 6.07) is 0.853. The van der Waals surface area contributed by atoms with Gasteiger partial charge in [0.2, 0.25) is 17.6 Å². The van der Waals surface area contributed by atoms with Crippen molar-refractivity contribution < 1.29 is 27.6 Å².